The Bertz CT molecular complexity index is 1600. The molecule has 36 heavy (non-hydrogen) atoms. The van der Waals surface area contributed by atoms with Crippen LogP contribution in [0.3, 0.4) is 0 Å². The van der Waals surface area contributed by atoms with Gasteiger partial charge in [-0.15, -0.1) is 0 Å². The van der Waals surface area contributed by atoms with Crippen molar-refractivity contribution in [1.29, 1.82) is 0 Å². The molecule has 0 spiro atoms. The second kappa shape index (κ2) is 8.52. The van der Waals surface area contributed by atoms with Gasteiger partial charge in [0.15, 0.2) is 11.3 Å². The van der Waals surface area contributed by atoms with Crippen molar-refractivity contribution >= 4 is 22.6 Å². The third-order valence-electron chi connectivity index (χ3n) is 5.55. The monoisotopic (exact) mass is 495 g/mol. The highest BCUT2D eigenvalue weighted by Gasteiger charge is 2.39. The van der Waals surface area contributed by atoms with Crippen LogP contribution < -0.4 is 11.1 Å². The number of rotatable bonds is 6. The Balaban J connectivity index is 1.74. The fourth-order valence-corrected chi connectivity index (χ4v) is 3.97. The molecule has 0 unspecified atom stereocenters. The molecule has 0 radical (unpaired) electrons. The van der Waals surface area contributed by atoms with Gasteiger partial charge in [0.25, 0.3) is 0 Å². The smallest absolute Gasteiger partial charge is 0.384 e. The molecule has 0 saturated heterocycles. The topological polar surface area (TPSA) is 121 Å². The summed E-state index contributed by atoms with van der Waals surface area (Å²) in [6.45, 7) is 2.27. The molecular weight excluding hydrogens is 475 g/mol. The van der Waals surface area contributed by atoms with Gasteiger partial charge in [0.05, 0.1) is 40.7 Å². The molecule has 5 rings (SSSR count). The maximum atomic E-state index is 14.2. The minimum atomic E-state index is -4.76. The van der Waals surface area contributed by atoms with Crippen LogP contribution in [0.4, 0.5) is 18.9 Å². The van der Waals surface area contributed by atoms with Crippen LogP contribution in [0, 0.1) is 0 Å². The van der Waals surface area contributed by atoms with Gasteiger partial charge >= 0.3 is 6.18 Å². The van der Waals surface area contributed by atoms with Crippen LogP contribution in [0.5, 0.6) is 0 Å². The molecule has 184 valence electrons. The van der Waals surface area contributed by atoms with E-state index in [2.05, 4.69) is 25.5 Å². The highest BCUT2D eigenvalue weighted by atomic mass is 19.4. The average Bonchev–Trinajstić information content (AvgIpc) is 3.57. The average molecular weight is 495 g/mol. The minimum absolute atomic E-state index is 0.0116. The Labute approximate surface area is 202 Å². The molecule has 0 aliphatic rings. The van der Waals surface area contributed by atoms with E-state index in [9.17, 15) is 18.0 Å². The SMILES string of the molecule is CCNc1cc(C(N)=O)ccc1-n1nc(C(F)(F)F)c2c(-n3cnc(-c4cnn(C)c4)c3)ccnc21. The number of hydrogen-bond acceptors (Lipinski definition) is 6. The first-order valence-electron chi connectivity index (χ1n) is 10.8. The Morgan fingerprint density at radius 3 is 2.61 bits per heavy atom. The number of aryl methyl sites for hydroxylation is 1. The third-order valence-corrected chi connectivity index (χ3v) is 5.55. The molecule has 3 N–H and O–H groups in total. The van der Waals surface area contributed by atoms with Gasteiger partial charge in [-0.3, -0.25) is 9.48 Å². The quantitative estimate of drug-likeness (QED) is 0.372. The molecule has 0 fully saturated rings. The lowest BCUT2D eigenvalue weighted by atomic mass is 10.1. The first kappa shape index (κ1) is 23.1. The van der Waals surface area contributed by atoms with Crippen molar-refractivity contribution < 1.29 is 18.0 Å². The van der Waals surface area contributed by atoms with Gasteiger partial charge in [-0.05, 0) is 31.2 Å². The first-order chi connectivity index (χ1) is 17.2. The zero-order chi connectivity index (χ0) is 25.6. The van der Waals surface area contributed by atoms with Gasteiger partial charge in [-0.2, -0.15) is 23.4 Å². The summed E-state index contributed by atoms with van der Waals surface area (Å²) in [6.07, 6.45) is 3.07. The van der Waals surface area contributed by atoms with E-state index in [1.165, 1.54) is 41.4 Å². The van der Waals surface area contributed by atoms with E-state index in [4.69, 9.17) is 5.73 Å². The van der Waals surface area contributed by atoms with E-state index in [0.717, 1.165) is 10.2 Å². The molecule has 1 amide bonds. The number of benzene rings is 1. The summed E-state index contributed by atoms with van der Waals surface area (Å²) in [4.78, 5) is 20.2. The van der Waals surface area contributed by atoms with Crippen molar-refractivity contribution in [1.82, 2.24) is 34.1 Å². The highest BCUT2D eigenvalue weighted by Crippen LogP contribution is 2.38. The van der Waals surface area contributed by atoms with Gasteiger partial charge in [-0.1, -0.05) is 0 Å². The maximum absolute atomic E-state index is 14.2. The van der Waals surface area contributed by atoms with Crippen LogP contribution >= 0.6 is 0 Å². The summed E-state index contributed by atoms with van der Waals surface area (Å²) in [6, 6.07) is 5.86. The number of fused-ring (bicyclic) bond motifs is 1. The predicted molar refractivity (Wildman–Crippen MR) is 126 cm³/mol. The number of nitrogens with two attached hydrogens (primary N) is 1. The molecule has 13 heteroatoms. The number of pyridine rings is 1. The third kappa shape index (κ3) is 3.93. The number of hydrogen-bond donors (Lipinski definition) is 2. The van der Waals surface area contributed by atoms with E-state index in [1.807, 2.05) is 6.92 Å². The van der Waals surface area contributed by atoms with Crippen molar-refractivity contribution in [2.45, 2.75) is 13.1 Å². The van der Waals surface area contributed by atoms with E-state index in [-0.39, 0.29) is 28.0 Å². The van der Waals surface area contributed by atoms with Gasteiger partial charge in [0.2, 0.25) is 5.91 Å². The Morgan fingerprint density at radius 1 is 1.14 bits per heavy atom. The molecule has 10 nitrogen and oxygen atoms in total. The molecule has 0 bridgehead atoms. The number of amides is 1. The normalized spacial score (nSPS) is 11.8. The summed E-state index contributed by atoms with van der Waals surface area (Å²) in [5.74, 6) is -0.660. The van der Waals surface area contributed by atoms with Gasteiger partial charge in [-0.25, -0.2) is 14.6 Å². The van der Waals surface area contributed by atoms with Crippen molar-refractivity contribution in [3.05, 3.63) is 66.6 Å². The lowest BCUT2D eigenvalue weighted by molar-refractivity contribution is -0.140. The number of carbonyl (C=O) groups excluding carboxylic acids is 1. The molecule has 4 heterocycles. The van der Waals surface area contributed by atoms with Crippen LogP contribution in [0.25, 0.3) is 33.7 Å². The second-order valence-electron chi connectivity index (χ2n) is 7.98. The lowest BCUT2D eigenvalue weighted by Gasteiger charge is -2.13. The summed E-state index contributed by atoms with van der Waals surface area (Å²) in [7, 11) is 1.76. The van der Waals surface area contributed by atoms with Crippen LogP contribution in [0.1, 0.15) is 23.0 Å². The molecule has 0 atom stereocenters. The first-order valence-corrected chi connectivity index (χ1v) is 10.8. The standard InChI is InChI=1S/C23H20F3N9O/c1-3-28-15-8-13(21(27)36)4-5-17(15)35-22-19(20(32-35)23(24,25)26)18(6-7-29-22)34-11-16(30-12-34)14-9-31-33(2)10-14/h4-12,28H,3H2,1-2H3,(H2,27,36). The summed E-state index contributed by atoms with van der Waals surface area (Å²) in [5.41, 5.74) is 6.63. The van der Waals surface area contributed by atoms with Crippen LogP contribution in [0.15, 0.2) is 55.4 Å². The molecule has 0 aliphatic heterocycles. The molecule has 0 saturated carbocycles. The summed E-state index contributed by atoms with van der Waals surface area (Å²) in [5, 5.41) is 10.9. The van der Waals surface area contributed by atoms with E-state index in [1.54, 1.807) is 30.3 Å². The van der Waals surface area contributed by atoms with Crippen LogP contribution in [0.2, 0.25) is 0 Å². The number of imidazole rings is 1. The fourth-order valence-electron chi connectivity index (χ4n) is 3.97. The van der Waals surface area contributed by atoms with Gasteiger partial charge < -0.3 is 15.6 Å². The Kier molecular flexibility index (Phi) is 5.46. The van der Waals surface area contributed by atoms with Gasteiger partial charge in [0, 0.05) is 43.3 Å². The highest BCUT2D eigenvalue weighted by molar-refractivity contribution is 5.95. The molecule has 1 aromatic carbocycles. The number of carbonyl (C=O) groups is 1. The van der Waals surface area contributed by atoms with Crippen LogP contribution in [-0.2, 0) is 13.2 Å². The number of alkyl halides is 3. The molecule has 0 aliphatic carbocycles. The van der Waals surface area contributed by atoms with Crippen molar-refractivity contribution in [3.63, 3.8) is 0 Å². The summed E-state index contributed by atoms with van der Waals surface area (Å²) >= 11 is 0. The van der Waals surface area contributed by atoms with E-state index in [0.29, 0.717) is 17.9 Å². The van der Waals surface area contributed by atoms with Crippen molar-refractivity contribution in [3.8, 4) is 22.6 Å². The van der Waals surface area contributed by atoms with E-state index < -0.39 is 17.8 Å². The summed E-state index contributed by atoms with van der Waals surface area (Å²) < 4.78 is 46.9. The maximum Gasteiger partial charge on any atom is 0.435 e. The molecule has 4 aromatic heterocycles. The molecular formula is C23H20F3N9O. The Hall–Kier alpha value is -4.68. The van der Waals surface area contributed by atoms with Gasteiger partial charge in [0.1, 0.15) is 0 Å². The van der Waals surface area contributed by atoms with Crippen LogP contribution in [-0.4, -0.2) is 46.5 Å². The molecule has 5 aromatic rings. The number of nitrogens with zero attached hydrogens (tertiary/aromatic N) is 7. The number of halogens is 3. The van der Waals surface area contributed by atoms with Crippen molar-refractivity contribution in [2.75, 3.05) is 11.9 Å². The fraction of sp³-hybridized carbons (Fsp3) is 0.174. The zero-order valence-corrected chi connectivity index (χ0v) is 19.2. The zero-order valence-electron chi connectivity index (χ0n) is 19.2. The lowest BCUT2D eigenvalue weighted by Crippen LogP contribution is -2.13. The number of aromatic nitrogens is 7. The second-order valence-corrected chi connectivity index (χ2v) is 7.98. The predicted octanol–water partition coefficient (Wildman–Crippen LogP) is 3.56. The minimum Gasteiger partial charge on any atom is -0.384 e. The van der Waals surface area contributed by atoms with E-state index >= 15 is 0 Å². The largest absolute Gasteiger partial charge is 0.435 e. The Morgan fingerprint density at radius 2 is 1.94 bits per heavy atom. The van der Waals surface area contributed by atoms with Crippen molar-refractivity contribution in [2.24, 2.45) is 12.8 Å². The number of primary amides is 1. The number of anilines is 1. The number of nitrogens with one attached hydrogen (secondary N) is 1.